The lowest BCUT2D eigenvalue weighted by atomic mass is 10.0. The first-order valence-corrected chi connectivity index (χ1v) is 18.8. The fourth-order valence-electron chi connectivity index (χ4n) is 7.44. The van der Waals surface area contributed by atoms with Crippen LogP contribution in [-0.4, -0.2) is 9.97 Å². The van der Waals surface area contributed by atoms with Crippen molar-refractivity contribution in [2.45, 2.75) is 0 Å². The van der Waals surface area contributed by atoms with Crippen LogP contribution in [0.5, 0.6) is 0 Å². The van der Waals surface area contributed by atoms with E-state index in [0.717, 1.165) is 67.1 Å². The maximum atomic E-state index is 6.55. The molecule has 4 nitrogen and oxygen atoms in total. The van der Waals surface area contributed by atoms with Gasteiger partial charge in [0.25, 0.3) is 0 Å². The molecule has 0 saturated carbocycles. The third kappa shape index (κ3) is 6.40. The first-order chi connectivity index (χ1) is 27.7. The van der Waals surface area contributed by atoms with Crippen molar-refractivity contribution in [1.82, 2.24) is 9.97 Å². The third-order valence-electron chi connectivity index (χ3n) is 10.3. The predicted octanol–water partition coefficient (Wildman–Crippen LogP) is 14.2. The van der Waals surface area contributed by atoms with E-state index in [1.54, 1.807) is 0 Å². The number of rotatable bonds is 8. The molecular formula is C52H35N3O. The normalized spacial score (nSPS) is 11.2. The molecule has 0 aliphatic heterocycles. The Morgan fingerprint density at radius 3 is 1.39 bits per heavy atom. The van der Waals surface area contributed by atoms with Crippen LogP contribution in [0.25, 0.3) is 78.1 Å². The molecule has 0 N–H and O–H groups in total. The van der Waals surface area contributed by atoms with Gasteiger partial charge in [-0.1, -0.05) is 152 Å². The van der Waals surface area contributed by atoms with Gasteiger partial charge in [-0.05, 0) is 82.9 Å². The number of aromatic nitrogens is 2. The minimum atomic E-state index is 0.678. The molecule has 0 bridgehead atoms. The Bertz CT molecular complexity index is 2920. The van der Waals surface area contributed by atoms with Crippen LogP contribution in [0.2, 0.25) is 0 Å². The van der Waals surface area contributed by atoms with Crippen LogP contribution in [0.3, 0.4) is 0 Å². The molecular weight excluding hydrogens is 683 g/mol. The largest absolute Gasteiger partial charge is 0.456 e. The summed E-state index contributed by atoms with van der Waals surface area (Å²) in [4.78, 5) is 12.4. The Kier molecular flexibility index (Phi) is 8.47. The second kappa shape index (κ2) is 14.3. The van der Waals surface area contributed by atoms with Gasteiger partial charge >= 0.3 is 0 Å². The van der Waals surface area contributed by atoms with E-state index in [0.29, 0.717) is 5.82 Å². The van der Waals surface area contributed by atoms with E-state index in [1.807, 2.05) is 30.3 Å². The van der Waals surface area contributed by atoms with Crippen molar-refractivity contribution in [3.8, 4) is 56.2 Å². The van der Waals surface area contributed by atoms with E-state index in [4.69, 9.17) is 14.4 Å². The summed E-state index contributed by atoms with van der Waals surface area (Å²) in [6, 6.07) is 73.8. The molecule has 2 aromatic heterocycles. The van der Waals surface area contributed by atoms with E-state index < -0.39 is 0 Å². The second-order valence-corrected chi connectivity index (χ2v) is 13.8. The van der Waals surface area contributed by atoms with E-state index in [2.05, 4.69) is 187 Å². The smallest absolute Gasteiger partial charge is 0.160 e. The number of furan rings is 1. The molecule has 0 fully saturated rings. The fraction of sp³-hybridized carbons (Fsp3) is 0. The van der Waals surface area contributed by atoms with Crippen molar-refractivity contribution in [3.63, 3.8) is 0 Å². The molecule has 2 heterocycles. The molecule has 0 aliphatic carbocycles. The zero-order valence-corrected chi connectivity index (χ0v) is 30.5. The monoisotopic (exact) mass is 717 g/mol. The molecule has 0 radical (unpaired) electrons. The Balaban J connectivity index is 1.04. The molecule has 0 saturated heterocycles. The lowest BCUT2D eigenvalue weighted by Gasteiger charge is -2.25. The zero-order chi connectivity index (χ0) is 37.3. The first kappa shape index (κ1) is 33.0. The van der Waals surface area contributed by atoms with Crippen LogP contribution < -0.4 is 4.90 Å². The molecule has 0 aliphatic rings. The molecule has 0 unspecified atom stereocenters. The molecule has 10 aromatic rings. The highest BCUT2D eigenvalue weighted by Crippen LogP contribution is 2.40. The van der Waals surface area contributed by atoms with Crippen molar-refractivity contribution in [3.05, 3.63) is 212 Å². The second-order valence-electron chi connectivity index (χ2n) is 13.8. The highest BCUT2D eigenvalue weighted by atomic mass is 16.3. The van der Waals surface area contributed by atoms with Gasteiger partial charge in [0.05, 0.1) is 11.4 Å². The Labute approximate surface area is 325 Å². The summed E-state index contributed by atoms with van der Waals surface area (Å²) in [7, 11) is 0. The minimum Gasteiger partial charge on any atom is -0.456 e. The SMILES string of the molecule is c1ccc(-c2ccc(-c3cc(-c4ccc5c(c4)oc4ccc(N(c6ccccc6)c6ccc(-c7ccccc7)cc6)cc45)nc(-c4ccccc4)n3)cc2)cc1. The number of anilines is 3. The van der Waals surface area contributed by atoms with E-state index in [9.17, 15) is 0 Å². The summed E-state index contributed by atoms with van der Waals surface area (Å²) in [6.07, 6.45) is 0. The van der Waals surface area contributed by atoms with Crippen LogP contribution in [0.4, 0.5) is 17.1 Å². The van der Waals surface area contributed by atoms with Gasteiger partial charge in [0.1, 0.15) is 11.2 Å². The molecule has 0 atom stereocenters. The van der Waals surface area contributed by atoms with Crippen molar-refractivity contribution in [2.24, 2.45) is 0 Å². The minimum absolute atomic E-state index is 0.678. The van der Waals surface area contributed by atoms with Crippen LogP contribution in [0.15, 0.2) is 217 Å². The Hall–Kier alpha value is -7.56. The van der Waals surface area contributed by atoms with Gasteiger partial charge in [-0.25, -0.2) is 9.97 Å². The number of fused-ring (bicyclic) bond motifs is 3. The average molecular weight is 718 g/mol. The molecule has 264 valence electrons. The molecule has 0 amide bonds. The maximum Gasteiger partial charge on any atom is 0.160 e. The van der Waals surface area contributed by atoms with Gasteiger partial charge in [0.2, 0.25) is 0 Å². The average Bonchev–Trinajstić information content (AvgIpc) is 3.65. The summed E-state index contributed by atoms with van der Waals surface area (Å²) in [5.41, 5.74) is 14.2. The van der Waals surface area contributed by atoms with Gasteiger partial charge < -0.3 is 9.32 Å². The van der Waals surface area contributed by atoms with Crippen LogP contribution >= 0.6 is 0 Å². The van der Waals surface area contributed by atoms with Crippen molar-refractivity contribution in [2.75, 3.05) is 4.90 Å². The van der Waals surface area contributed by atoms with Crippen LogP contribution in [0, 0.1) is 0 Å². The molecule has 10 rings (SSSR count). The molecule has 56 heavy (non-hydrogen) atoms. The van der Waals surface area contributed by atoms with E-state index in [1.165, 1.54) is 22.3 Å². The number of para-hydroxylation sites is 1. The van der Waals surface area contributed by atoms with Crippen LogP contribution in [-0.2, 0) is 0 Å². The van der Waals surface area contributed by atoms with Crippen molar-refractivity contribution >= 4 is 39.0 Å². The highest BCUT2D eigenvalue weighted by molar-refractivity contribution is 6.07. The summed E-state index contributed by atoms with van der Waals surface area (Å²) < 4.78 is 6.55. The quantitative estimate of drug-likeness (QED) is 0.157. The molecule has 4 heteroatoms. The summed E-state index contributed by atoms with van der Waals surface area (Å²) in [5.74, 6) is 0.678. The summed E-state index contributed by atoms with van der Waals surface area (Å²) in [5, 5.41) is 2.10. The first-order valence-electron chi connectivity index (χ1n) is 18.8. The lowest BCUT2D eigenvalue weighted by Crippen LogP contribution is -2.09. The molecule has 0 spiro atoms. The number of hydrogen-bond acceptors (Lipinski definition) is 4. The zero-order valence-electron chi connectivity index (χ0n) is 30.5. The Morgan fingerprint density at radius 1 is 0.304 bits per heavy atom. The summed E-state index contributed by atoms with van der Waals surface area (Å²) >= 11 is 0. The number of hydrogen-bond donors (Lipinski definition) is 0. The van der Waals surface area contributed by atoms with Gasteiger partial charge in [0, 0.05) is 44.5 Å². The van der Waals surface area contributed by atoms with E-state index >= 15 is 0 Å². The Morgan fingerprint density at radius 2 is 0.768 bits per heavy atom. The lowest BCUT2D eigenvalue weighted by molar-refractivity contribution is 0.669. The standard InChI is InChI=1S/C52H35N3O/c1-5-13-36(14-6-1)38-21-23-40(24-22-38)48-35-49(54-52(53-48)41-17-9-3-10-18-41)42-27-31-46-47-34-45(30-32-50(47)56-51(46)33-42)55(43-19-11-4-12-20-43)44-28-25-39(26-29-44)37-15-7-2-8-16-37/h1-35H. The van der Waals surface area contributed by atoms with E-state index in [-0.39, 0.29) is 0 Å². The molecule has 8 aromatic carbocycles. The van der Waals surface area contributed by atoms with Crippen molar-refractivity contribution < 1.29 is 4.42 Å². The van der Waals surface area contributed by atoms with Gasteiger partial charge in [-0.3, -0.25) is 0 Å². The number of nitrogens with zero attached hydrogens (tertiary/aromatic N) is 3. The van der Waals surface area contributed by atoms with Gasteiger partial charge in [-0.2, -0.15) is 0 Å². The summed E-state index contributed by atoms with van der Waals surface area (Å²) in [6.45, 7) is 0. The number of benzene rings is 8. The fourth-order valence-corrected chi connectivity index (χ4v) is 7.44. The maximum absolute atomic E-state index is 6.55. The van der Waals surface area contributed by atoms with Gasteiger partial charge in [0.15, 0.2) is 5.82 Å². The van der Waals surface area contributed by atoms with Gasteiger partial charge in [-0.15, -0.1) is 0 Å². The predicted molar refractivity (Wildman–Crippen MR) is 231 cm³/mol. The topological polar surface area (TPSA) is 42.2 Å². The van der Waals surface area contributed by atoms with Crippen LogP contribution in [0.1, 0.15) is 0 Å². The van der Waals surface area contributed by atoms with Crippen molar-refractivity contribution in [1.29, 1.82) is 0 Å². The third-order valence-corrected chi connectivity index (χ3v) is 10.3. The highest BCUT2D eigenvalue weighted by Gasteiger charge is 2.17.